The molecule has 21 heavy (non-hydrogen) atoms. The first-order valence-corrected chi connectivity index (χ1v) is 7.52. The fourth-order valence-corrected chi connectivity index (χ4v) is 3.30. The molecule has 0 aliphatic carbocycles. The number of carboxylic acids is 1. The van der Waals surface area contributed by atoms with Crippen LogP contribution in [0.2, 0.25) is 0 Å². The van der Waals surface area contributed by atoms with Gasteiger partial charge >= 0.3 is 5.97 Å². The number of nitrogens with zero attached hydrogens (tertiary/aromatic N) is 1. The Balaban J connectivity index is 2.23. The van der Waals surface area contributed by atoms with Crippen LogP contribution < -0.4 is 4.74 Å². The van der Waals surface area contributed by atoms with Gasteiger partial charge in [-0.1, -0.05) is 32.0 Å². The molecule has 116 valence electrons. The van der Waals surface area contributed by atoms with Crippen LogP contribution in [-0.2, 0) is 4.79 Å². The first-order chi connectivity index (χ1) is 9.92. The van der Waals surface area contributed by atoms with E-state index in [2.05, 4.69) is 17.9 Å². The highest BCUT2D eigenvalue weighted by molar-refractivity contribution is 5.75. The summed E-state index contributed by atoms with van der Waals surface area (Å²) < 4.78 is 5.43. The Hall–Kier alpha value is -1.55. The molecule has 0 bridgehead atoms. The van der Waals surface area contributed by atoms with Crippen LogP contribution in [0, 0.1) is 11.3 Å². The standard InChI is InChI=1S/C17H25NO3/c1-12(2)17(16(19)20)9-10-18(11-17)13(3)14-7-5-6-8-15(14)21-4/h5-8,12-13H,9-11H2,1-4H3,(H,19,20). The molecule has 1 aromatic rings. The van der Waals surface area contributed by atoms with Crippen molar-refractivity contribution in [2.45, 2.75) is 33.2 Å². The summed E-state index contributed by atoms with van der Waals surface area (Å²) >= 11 is 0. The first-order valence-electron chi connectivity index (χ1n) is 7.52. The molecule has 0 spiro atoms. The molecule has 1 aliphatic rings. The molecular formula is C17H25NO3. The largest absolute Gasteiger partial charge is 0.496 e. The smallest absolute Gasteiger partial charge is 0.311 e. The second-order valence-electron chi connectivity index (χ2n) is 6.25. The molecule has 1 N–H and O–H groups in total. The number of carboxylic acid groups (broad SMARTS) is 1. The average molecular weight is 291 g/mol. The van der Waals surface area contributed by atoms with E-state index in [1.54, 1.807) is 7.11 Å². The van der Waals surface area contributed by atoms with Crippen molar-refractivity contribution >= 4 is 5.97 Å². The predicted molar refractivity (Wildman–Crippen MR) is 82.5 cm³/mol. The molecule has 2 rings (SSSR count). The van der Waals surface area contributed by atoms with E-state index in [4.69, 9.17) is 4.74 Å². The molecule has 1 aliphatic heterocycles. The maximum atomic E-state index is 11.7. The molecule has 2 unspecified atom stereocenters. The lowest BCUT2D eigenvalue weighted by Crippen LogP contribution is -2.39. The molecule has 1 heterocycles. The van der Waals surface area contributed by atoms with Gasteiger partial charge in [0.2, 0.25) is 0 Å². The lowest BCUT2D eigenvalue weighted by molar-refractivity contribution is -0.151. The highest BCUT2D eigenvalue weighted by Gasteiger charge is 2.48. The Kier molecular flexibility index (Phi) is 4.57. The molecule has 0 aromatic heterocycles. The topological polar surface area (TPSA) is 49.8 Å². The van der Waals surface area contributed by atoms with Gasteiger partial charge in [-0.05, 0) is 31.9 Å². The van der Waals surface area contributed by atoms with Gasteiger partial charge in [-0.15, -0.1) is 0 Å². The third-order valence-corrected chi connectivity index (χ3v) is 5.00. The van der Waals surface area contributed by atoms with E-state index in [-0.39, 0.29) is 12.0 Å². The van der Waals surface area contributed by atoms with Gasteiger partial charge in [0.15, 0.2) is 0 Å². The summed E-state index contributed by atoms with van der Waals surface area (Å²) in [5, 5.41) is 9.65. The maximum Gasteiger partial charge on any atom is 0.311 e. The monoisotopic (exact) mass is 291 g/mol. The number of benzene rings is 1. The molecule has 4 heteroatoms. The van der Waals surface area contributed by atoms with Crippen LogP contribution >= 0.6 is 0 Å². The summed E-state index contributed by atoms with van der Waals surface area (Å²) in [6.45, 7) is 7.54. The number of hydrogen-bond acceptors (Lipinski definition) is 3. The molecule has 2 atom stereocenters. The number of likely N-dealkylation sites (tertiary alicyclic amines) is 1. The SMILES string of the molecule is COc1ccccc1C(C)N1CCC(C(=O)O)(C(C)C)C1. The van der Waals surface area contributed by atoms with Gasteiger partial charge in [-0.3, -0.25) is 9.69 Å². The molecule has 1 saturated heterocycles. The highest BCUT2D eigenvalue weighted by Crippen LogP contribution is 2.42. The quantitative estimate of drug-likeness (QED) is 0.905. The van der Waals surface area contributed by atoms with Gasteiger partial charge in [0, 0.05) is 18.2 Å². The number of rotatable bonds is 5. The van der Waals surface area contributed by atoms with Crippen LogP contribution in [0.1, 0.15) is 38.8 Å². The Morgan fingerprint density at radius 1 is 1.33 bits per heavy atom. The van der Waals surface area contributed by atoms with Gasteiger partial charge < -0.3 is 9.84 Å². The van der Waals surface area contributed by atoms with Crippen molar-refractivity contribution in [3.05, 3.63) is 29.8 Å². The van der Waals surface area contributed by atoms with Crippen molar-refractivity contribution in [2.75, 3.05) is 20.2 Å². The van der Waals surface area contributed by atoms with E-state index in [1.807, 2.05) is 32.0 Å². The molecule has 1 aromatic carbocycles. The minimum absolute atomic E-state index is 0.130. The van der Waals surface area contributed by atoms with Crippen LogP contribution in [0.25, 0.3) is 0 Å². The van der Waals surface area contributed by atoms with Gasteiger partial charge in [0.25, 0.3) is 0 Å². The third kappa shape index (κ3) is 2.77. The first kappa shape index (κ1) is 15.8. The second kappa shape index (κ2) is 6.06. The molecule has 4 nitrogen and oxygen atoms in total. The third-order valence-electron chi connectivity index (χ3n) is 5.00. The van der Waals surface area contributed by atoms with E-state index in [9.17, 15) is 9.90 Å². The van der Waals surface area contributed by atoms with E-state index >= 15 is 0 Å². The Labute approximate surface area is 126 Å². The average Bonchev–Trinajstić information content (AvgIpc) is 2.93. The number of methoxy groups -OCH3 is 1. The summed E-state index contributed by atoms with van der Waals surface area (Å²) in [6.07, 6.45) is 0.708. The van der Waals surface area contributed by atoms with Crippen LogP contribution in [-0.4, -0.2) is 36.2 Å². The molecule has 0 radical (unpaired) electrons. The summed E-state index contributed by atoms with van der Waals surface area (Å²) in [5.41, 5.74) is 0.487. The van der Waals surface area contributed by atoms with E-state index in [0.717, 1.165) is 17.9 Å². The van der Waals surface area contributed by atoms with E-state index in [0.29, 0.717) is 13.0 Å². The number of para-hydroxylation sites is 1. The van der Waals surface area contributed by atoms with E-state index in [1.165, 1.54) is 0 Å². The zero-order valence-corrected chi connectivity index (χ0v) is 13.3. The number of aliphatic carboxylic acids is 1. The van der Waals surface area contributed by atoms with Crippen LogP contribution in [0.4, 0.5) is 0 Å². The van der Waals surface area contributed by atoms with Crippen molar-refractivity contribution in [1.29, 1.82) is 0 Å². The predicted octanol–water partition coefficient (Wildman–Crippen LogP) is 3.19. The fraction of sp³-hybridized carbons (Fsp3) is 0.588. The molecule has 1 fully saturated rings. The van der Waals surface area contributed by atoms with E-state index < -0.39 is 11.4 Å². The van der Waals surface area contributed by atoms with Gasteiger partial charge in [-0.2, -0.15) is 0 Å². The zero-order valence-electron chi connectivity index (χ0n) is 13.3. The normalized spacial score (nSPS) is 24.2. The van der Waals surface area contributed by atoms with Crippen LogP contribution in [0.15, 0.2) is 24.3 Å². The van der Waals surface area contributed by atoms with Crippen molar-refractivity contribution in [1.82, 2.24) is 4.90 Å². The van der Waals surface area contributed by atoms with Gasteiger partial charge in [-0.25, -0.2) is 0 Å². The number of ether oxygens (including phenoxy) is 1. The summed E-state index contributed by atoms with van der Waals surface area (Å²) in [4.78, 5) is 14.0. The highest BCUT2D eigenvalue weighted by atomic mass is 16.5. The molecule has 0 amide bonds. The number of carbonyl (C=O) groups is 1. The minimum Gasteiger partial charge on any atom is -0.496 e. The Morgan fingerprint density at radius 2 is 2.00 bits per heavy atom. The van der Waals surface area contributed by atoms with Crippen LogP contribution in [0.5, 0.6) is 5.75 Å². The Morgan fingerprint density at radius 3 is 2.52 bits per heavy atom. The van der Waals surface area contributed by atoms with Crippen molar-refractivity contribution in [2.24, 2.45) is 11.3 Å². The van der Waals surface area contributed by atoms with Crippen molar-refractivity contribution < 1.29 is 14.6 Å². The summed E-state index contributed by atoms with van der Waals surface area (Å²) in [6, 6.07) is 8.11. The number of hydrogen-bond donors (Lipinski definition) is 1. The van der Waals surface area contributed by atoms with Crippen molar-refractivity contribution in [3.63, 3.8) is 0 Å². The Bertz CT molecular complexity index is 515. The lowest BCUT2D eigenvalue weighted by Gasteiger charge is -2.31. The molecular weight excluding hydrogens is 266 g/mol. The zero-order chi connectivity index (χ0) is 15.6. The fourth-order valence-electron chi connectivity index (χ4n) is 3.30. The van der Waals surface area contributed by atoms with Crippen LogP contribution in [0.3, 0.4) is 0 Å². The van der Waals surface area contributed by atoms with Gasteiger partial charge in [0.05, 0.1) is 12.5 Å². The summed E-state index contributed by atoms with van der Waals surface area (Å²) in [5.74, 6) is 0.319. The van der Waals surface area contributed by atoms with Gasteiger partial charge in [0.1, 0.15) is 5.75 Å². The van der Waals surface area contributed by atoms with Crippen molar-refractivity contribution in [3.8, 4) is 5.75 Å². The lowest BCUT2D eigenvalue weighted by atomic mass is 9.76. The maximum absolute atomic E-state index is 11.7. The second-order valence-corrected chi connectivity index (χ2v) is 6.25. The molecule has 0 saturated carbocycles. The minimum atomic E-state index is -0.674. The summed E-state index contributed by atoms with van der Waals surface area (Å²) in [7, 11) is 1.67.